The summed E-state index contributed by atoms with van der Waals surface area (Å²) in [5.74, 6) is -0.0413. The van der Waals surface area contributed by atoms with E-state index in [1.54, 1.807) is 49.8 Å². The van der Waals surface area contributed by atoms with Gasteiger partial charge in [-0.1, -0.05) is 21.6 Å². The molecule has 0 bridgehead atoms. The highest BCUT2D eigenvalue weighted by atomic mass is 33.1. The number of rotatable bonds is 11. The van der Waals surface area contributed by atoms with Crippen molar-refractivity contribution in [3.05, 3.63) is 0 Å². The molecule has 0 rings (SSSR count). The van der Waals surface area contributed by atoms with Gasteiger partial charge in [0, 0.05) is 27.7 Å². The molecule has 0 unspecified atom stereocenters. The van der Waals surface area contributed by atoms with Gasteiger partial charge in [-0.3, -0.25) is 9.59 Å². The van der Waals surface area contributed by atoms with E-state index >= 15 is 0 Å². The molecule has 0 N–H and O–H groups in total. The lowest BCUT2D eigenvalue weighted by Crippen LogP contribution is -2.41. The summed E-state index contributed by atoms with van der Waals surface area (Å²) >= 11 is 0. The van der Waals surface area contributed by atoms with Crippen molar-refractivity contribution < 1.29 is 19.1 Å². The molecule has 0 radical (unpaired) electrons. The number of hydrogen-bond acceptors (Lipinski definition) is 6. The van der Waals surface area contributed by atoms with E-state index in [9.17, 15) is 9.59 Å². The van der Waals surface area contributed by atoms with Crippen LogP contribution in [0.3, 0.4) is 0 Å². The number of ketones is 1. The van der Waals surface area contributed by atoms with Gasteiger partial charge in [0.2, 0.25) is 5.91 Å². The van der Waals surface area contributed by atoms with Crippen molar-refractivity contribution >= 4 is 33.3 Å². The number of Topliss-reactive ketones (excluding diaryl/α,β-unsaturated/α-hetero) is 1. The molecule has 0 saturated carbocycles. The highest BCUT2D eigenvalue weighted by Crippen LogP contribution is 2.38. The van der Waals surface area contributed by atoms with Crippen molar-refractivity contribution in [1.29, 1.82) is 0 Å². The molecule has 1 amide bonds. The maximum absolute atomic E-state index is 12.2. The molecule has 0 saturated heterocycles. The highest BCUT2D eigenvalue weighted by molar-refractivity contribution is 8.77. The summed E-state index contributed by atoms with van der Waals surface area (Å²) in [4.78, 5) is 25.1. The van der Waals surface area contributed by atoms with Crippen molar-refractivity contribution in [2.45, 2.75) is 37.5 Å². The minimum atomic E-state index is -0.384. The second-order valence-electron chi connectivity index (χ2n) is 5.09. The average molecular weight is 338 g/mol. The first-order valence-corrected chi connectivity index (χ1v) is 9.35. The van der Waals surface area contributed by atoms with Gasteiger partial charge in [-0.15, -0.1) is 0 Å². The number of amides is 1. The fraction of sp³-hybridized carbons (Fsp3) is 0.857. The van der Waals surface area contributed by atoms with Gasteiger partial charge in [-0.2, -0.15) is 0 Å². The second-order valence-corrected chi connectivity index (χ2v) is 7.96. The van der Waals surface area contributed by atoms with Gasteiger partial charge >= 0.3 is 0 Å². The van der Waals surface area contributed by atoms with Crippen LogP contribution in [-0.2, 0) is 19.1 Å². The van der Waals surface area contributed by atoms with E-state index in [0.29, 0.717) is 26.1 Å². The molecule has 0 aliphatic rings. The fourth-order valence-corrected chi connectivity index (χ4v) is 4.45. The zero-order chi connectivity index (χ0) is 16.5. The van der Waals surface area contributed by atoms with Crippen LogP contribution in [0.5, 0.6) is 0 Å². The maximum Gasteiger partial charge on any atom is 0.222 e. The van der Waals surface area contributed by atoms with Gasteiger partial charge in [0.15, 0.2) is 5.78 Å². The summed E-state index contributed by atoms with van der Waals surface area (Å²) in [7, 11) is 8.28. The van der Waals surface area contributed by atoms with Crippen molar-refractivity contribution in [2.75, 3.05) is 40.7 Å². The molecule has 0 aromatic heterocycles. The molecule has 1 atom stereocenters. The maximum atomic E-state index is 12.2. The Kier molecular flexibility index (Phi) is 10.4. The molecule has 124 valence electrons. The Morgan fingerprint density at radius 1 is 1.24 bits per heavy atom. The molecule has 21 heavy (non-hydrogen) atoms. The van der Waals surface area contributed by atoms with E-state index in [1.807, 2.05) is 6.26 Å². The van der Waals surface area contributed by atoms with Gasteiger partial charge in [0.05, 0.1) is 24.0 Å². The third-order valence-electron chi connectivity index (χ3n) is 3.43. The molecule has 0 fully saturated rings. The minimum Gasteiger partial charge on any atom is -0.383 e. The first kappa shape index (κ1) is 20.8. The van der Waals surface area contributed by atoms with E-state index in [4.69, 9.17) is 9.47 Å². The molecule has 0 heterocycles. The lowest BCUT2D eigenvalue weighted by Gasteiger charge is -2.31. The van der Waals surface area contributed by atoms with Gasteiger partial charge < -0.3 is 14.4 Å². The van der Waals surface area contributed by atoms with E-state index in [2.05, 4.69) is 0 Å². The van der Waals surface area contributed by atoms with E-state index in [0.717, 1.165) is 0 Å². The molecule has 7 heteroatoms. The number of carbonyl (C=O) groups is 2. The third kappa shape index (κ3) is 7.04. The average Bonchev–Trinajstić information content (AvgIpc) is 2.44. The smallest absolute Gasteiger partial charge is 0.222 e. The quantitative estimate of drug-likeness (QED) is 0.539. The van der Waals surface area contributed by atoms with Gasteiger partial charge in [0.1, 0.15) is 0 Å². The monoisotopic (exact) mass is 337 g/mol. The van der Waals surface area contributed by atoms with Crippen LogP contribution in [0.15, 0.2) is 0 Å². The Labute approximate surface area is 135 Å². The van der Waals surface area contributed by atoms with Crippen LogP contribution in [0.1, 0.15) is 26.7 Å². The molecular formula is C14H27NO4S2. The first-order chi connectivity index (χ1) is 9.83. The second kappa shape index (κ2) is 10.5. The zero-order valence-corrected chi connectivity index (χ0v) is 15.4. The Morgan fingerprint density at radius 2 is 1.76 bits per heavy atom. The Balaban J connectivity index is 4.72. The molecule has 0 aromatic rings. The van der Waals surface area contributed by atoms with E-state index in [1.165, 1.54) is 11.8 Å². The van der Waals surface area contributed by atoms with Crippen molar-refractivity contribution in [2.24, 2.45) is 0 Å². The van der Waals surface area contributed by atoms with Crippen LogP contribution < -0.4 is 0 Å². The first-order valence-electron chi connectivity index (χ1n) is 6.79. The number of ether oxygens (including phenoxy) is 2. The Hall–Kier alpha value is -0.240. The predicted molar refractivity (Wildman–Crippen MR) is 89.7 cm³/mol. The molecule has 0 aromatic carbocycles. The van der Waals surface area contributed by atoms with E-state index < -0.39 is 0 Å². The normalized spacial score (nSPS) is 13.0. The molecule has 0 aliphatic heterocycles. The number of carbonyl (C=O) groups excluding carboxylic acids is 2. The van der Waals surface area contributed by atoms with E-state index in [-0.39, 0.29) is 22.5 Å². The fourth-order valence-electron chi connectivity index (χ4n) is 1.98. The standard InChI is InChI=1S/C14H27NO4S2/c1-11(12(2)16)15(3)13(17)7-8-14(9-18-4,10-19-5)21-20-6/h11H,7-10H2,1-6H3/t11-/m0/s1. The molecule has 5 nitrogen and oxygen atoms in total. The Bertz CT molecular complexity index is 322. The number of hydrogen-bond donors (Lipinski definition) is 0. The summed E-state index contributed by atoms with van der Waals surface area (Å²) in [6.07, 6.45) is 3.01. The summed E-state index contributed by atoms with van der Waals surface area (Å²) in [5.41, 5.74) is 0. The van der Waals surface area contributed by atoms with Crippen molar-refractivity contribution in [3.63, 3.8) is 0 Å². The summed E-state index contributed by atoms with van der Waals surface area (Å²) in [5, 5.41) is 0. The van der Waals surface area contributed by atoms with Crippen molar-refractivity contribution in [1.82, 2.24) is 4.90 Å². The topological polar surface area (TPSA) is 55.8 Å². The van der Waals surface area contributed by atoms with Gasteiger partial charge in [-0.05, 0) is 26.5 Å². The lowest BCUT2D eigenvalue weighted by molar-refractivity contribution is -0.137. The zero-order valence-electron chi connectivity index (χ0n) is 13.8. The van der Waals surface area contributed by atoms with Gasteiger partial charge in [-0.25, -0.2) is 0 Å². The minimum absolute atomic E-state index is 0.00983. The predicted octanol–water partition coefficient (Wildman–Crippen LogP) is 2.25. The van der Waals surface area contributed by atoms with Crippen LogP contribution in [0, 0.1) is 0 Å². The number of methoxy groups -OCH3 is 2. The van der Waals surface area contributed by atoms with Crippen LogP contribution in [0.25, 0.3) is 0 Å². The van der Waals surface area contributed by atoms with Crippen LogP contribution in [-0.4, -0.2) is 68.1 Å². The molecule has 0 spiro atoms. The summed E-state index contributed by atoms with van der Waals surface area (Å²) < 4.78 is 10.3. The molecular weight excluding hydrogens is 310 g/mol. The third-order valence-corrected chi connectivity index (χ3v) is 5.95. The lowest BCUT2D eigenvalue weighted by atomic mass is 10.0. The SMILES string of the molecule is COCC(CCC(=O)N(C)[C@@H](C)C(C)=O)(COC)SSC. The Morgan fingerprint density at radius 3 is 2.14 bits per heavy atom. The number of nitrogens with zero attached hydrogens (tertiary/aromatic N) is 1. The van der Waals surface area contributed by atoms with Gasteiger partial charge in [0.25, 0.3) is 0 Å². The molecule has 0 aliphatic carbocycles. The summed E-state index contributed by atoms with van der Waals surface area (Å²) in [6, 6.07) is -0.384. The number of likely N-dealkylation sites (N-methyl/N-ethyl adjacent to an activating group) is 1. The largest absolute Gasteiger partial charge is 0.383 e. The van der Waals surface area contributed by atoms with Crippen LogP contribution in [0.4, 0.5) is 0 Å². The highest BCUT2D eigenvalue weighted by Gasteiger charge is 2.33. The van der Waals surface area contributed by atoms with Crippen LogP contribution >= 0.6 is 21.6 Å². The summed E-state index contributed by atoms with van der Waals surface area (Å²) in [6.45, 7) is 4.28. The van der Waals surface area contributed by atoms with Crippen molar-refractivity contribution in [3.8, 4) is 0 Å². The van der Waals surface area contributed by atoms with Crippen LogP contribution in [0.2, 0.25) is 0 Å².